The van der Waals surface area contributed by atoms with E-state index in [4.69, 9.17) is 5.73 Å². The fourth-order valence-electron chi connectivity index (χ4n) is 3.79. The van der Waals surface area contributed by atoms with Crippen molar-refractivity contribution < 1.29 is 0 Å². The Labute approximate surface area is 153 Å². The molecule has 2 N–H and O–H groups in total. The van der Waals surface area contributed by atoms with Gasteiger partial charge in [0, 0.05) is 0 Å². The van der Waals surface area contributed by atoms with Crippen LogP contribution >= 0.6 is 0 Å². The van der Waals surface area contributed by atoms with Crippen LogP contribution in [-0.4, -0.2) is 0 Å². The minimum atomic E-state index is 0.438. The summed E-state index contributed by atoms with van der Waals surface area (Å²) in [5.41, 5.74) is 7.59. The average Bonchev–Trinajstić information content (AvgIpc) is 2.51. The quantitative estimate of drug-likeness (QED) is 0.347. The van der Waals surface area contributed by atoms with E-state index >= 15 is 0 Å². The number of hydrogen-bond acceptors (Lipinski definition) is 1. The lowest BCUT2D eigenvalue weighted by Gasteiger charge is -2.33. The average molecular weight is 336 g/mol. The third-order valence-corrected chi connectivity index (χ3v) is 5.83. The molecule has 1 nitrogen and oxygen atoms in total. The van der Waals surface area contributed by atoms with Gasteiger partial charge >= 0.3 is 0 Å². The van der Waals surface area contributed by atoms with Gasteiger partial charge in [-0.2, -0.15) is 0 Å². The predicted molar refractivity (Wildman–Crippen MR) is 111 cm³/mol. The zero-order chi connectivity index (χ0) is 18.6. The smallest absolute Gasteiger partial charge is 0.00597 e. The van der Waals surface area contributed by atoms with Crippen molar-refractivity contribution in [1.29, 1.82) is 0 Å². The topological polar surface area (TPSA) is 26.0 Å². The first kappa shape index (κ1) is 23.3. The second-order valence-electron chi connectivity index (χ2n) is 8.57. The maximum atomic E-state index is 5.71. The van der Waals surface area contributed by atoms with E-state index in [-0.39, 0.29) is 0 Å². The fraction of sp³-hybridized carbons (Fsp3) is 0.826. The van der Waals surface area contributed by atoms with Crippen LogP contribution in [0.3, 0.4) is 0 Å². The van der Waals surface area contributed by atoms with Gasteiger partial charge in [0.15, 0.2) is 0 Å². The Balaban J connectivity index is 4.84. The molecule has 0 aromatic carbocycles. The van der Waals surface area contributed by atoms with E-state index in [1.807, 2.05) is 0 Å². The van der Waals surface area contributed by atoms with E-state index < -0.39 is 0 Å². The lowest BCUT2D eigenvalue weighted by molar-refractivity contribution is 0.186. The van der Waals surface area contributed by atoms with Crippen molar-refractivity contribution in [1.82, 2.24) is 0 Å². The first-order chi connectivity index (χ1) is 11.3. The molecular formula is C23H45N. The highest BCUT2D eigenvalue weighted by Crippen LogP contribution is 2.36. The zero-order valence-electron chi connectivity index (χ0n) is 17.7. The Morgan fingerprint density at radius 3 is 2.25 bits per heavy atom. The van der Waals surface area contributed by atoms with Crippen molar-refractivity contribution in [2.45, 2.75) is 99.8 Å². The Morgan fingerprint density at radius 1 is 1.08 bits per heavy atom. The van der Waals surface area contributed by atoms with E-state index in [1.54, 1.807) is 6.20 Å². The molecule has 0 heterocycles. The van der Waals surface area contributed by atoms with Crippen LogP contribution < -0.4 is 5.73 Å². The van der Waals surface area contributed by atoms with Crippen LogP contribution in [0.5, 0.6) is 0 Å². The monoisotopic (exact) mass is 335 g/mol. The molecule has 0 aromatic rings. The maximum absolute atomic E-state index is 5.71. The van der Waals surface area contributed by atoms with E-state index in [0.717, 1.165) is 11.8 Å². The molecule has 24 heavy (non-hydrogen) atoms. The number of allylic oxidation sites excluding steroid dienone is 3. The minimum Gasteiger partial charge on any atom is -0.405 e. The zero-order valence-corrected chi connectivity index (χ0v) is 17.7. The first-order valence-electron chi connectivity index (χ1n) is 10.4. The van der Waals surface area contributed by atoms with Crippen LogP contribution in [0.4, 0.5) is 0 Å². The molecule has 0 aromatic heterocycles. The van der Waals surface area contributed by atoms with E-state index in [9.17, 15) is 0 Å². The molecule has 0 amide bonds. The predicted octanol–water partition coefficient (Wildman–Crippen LogP) is 7.48. The van der Waals surface area contributed by atoms with Gasteiger partial charge in [-0.3, -0.25) is 0 Å². The van der Waals surface area contributed by atoms with Crippen molar-refractivity contribution >= 4 is 0 Å². The highest BCUT2D eigenvalue weighted by Gasteiger charge is 2.25. The second kappa shape index (κ2) is 12.6. The van der Waals surface area contributed by atoms with E-state index in [0.29, 0.717) is 11.3 Å². The molecule has 0 aliphatic carbocycles. The molecule has 0 rings (SSSR count). The summed E-state index contributed by atoms with van der Waals surface area (Å²) in [6.45, 7) is 16.5. The summed E-state index contributed by atoms with van der Waals surface area (Å²) in [6.07, 6.45) is 16.6. The summed E-state index contributed by atoms with van der Waals surface area (Å²) in [6, 6.07) is 0. The standard InChI is InChI=1S/C23H45N/c1-8-11-12-21(10-3)18-22(13-15-24)17-19(4)16-20(5)23(6,7)14-9-2/h13,15,17,19-21H,8-12,14,16,18,24H2,1-7H3/b15-13-,22-17+. The van der Waals surface area contributed by atoms with Gasteiger partial charge in [0.05, 0.1) is 0 Å². The molecule has 142 valence electrons. The number of unbranched alkanes of at least 4 members (excludes halogenated alkanes) is 1. The van der Waals surface area contributed by atoms with Crippen molar-refractivity contribution in [2.75, 3.05) is 0 Å². The van der Waals surface area contributed by atoms with Gasteiger partial charge in [0.25, 0.3) is 0 Å². The molecule has 0 radical (unpaired) electrons. The lowest BCUT2D eigenvalue weighted by atomic mass is 9.73. The molecule has 0 fully saturated rings. The first-order valence-corrected chi connectivity index (χ1v) is 10.4. The number of hydrogen-bond donors (Lipinski definition) is 1. The van der Waals surface area contributed by atoms with Crippen LogP contribution in [0.1, 0.15) is 99.8 Å². The van der Waals surface area contributed by atoms with Gasteiger partial charge in [0.1, 0.15) is 0 Å². The summed E-state index contributed by atoms with van der Waals surface area (Å²) in [5, 5.41) is 0. The molecule has 0 aliphatic heterocycles. The van der Waals surface area contributed by atoms with Crippen molar-refractivity contribution in [2.24, 2.45) is 28.9 Å². The molecule has 0 saturated heterocycles. The van der Waals surface area contributed by atoms with Gasteiger partial charge in [0.2, 0.25) is 0 Å². The van der Waals surface area contributed by atoms with Gasteiger partial charge in [-0.1, -0.05) is 92.2 Å². The van der Waals surface area contributed by atoms with Gasteiger partial charge in [-0.15, -0.1) is 0 Å². The SMILES string of the molecule is CCCCC(CC)CC(/C=C\N)=C/C(C)CC(C)C(C)(C)CCC. The number of rotatable bonds is 13. The Kier molecular flexibility index (Phi) is 12.2. The third kappa shape index (κ3) is 9.55. The summed E-state index contributed by atoms with van der Waals surface area (Å²) < 4.78 is 0. The number of nitrogens with two attached hydrogens (primary N) is 1. The van der Waals surface area contributed by atoms with Crippen molar-refractivity contribution in [3.63, 3.8) is 0 Å². The summed E-state index contributed by atoms with van der Waals surface area (Å²) >= 11 is 0. The maximum Gasteiger partial charge on any atom is -0.00597 e. The van der Waals surface area contributed by atoms with E-state index in [2.05, 4.69) is 60.6 Å². The molecule has 3 atom stereocenters. The van der Waals surface area contributed by atoms with Crippen LogP contribution in [-0.2, 0) is 0 Å². The summed E-state index contributed by atoms with van der Waals surface area (Å²) in [5.74, 6) is 2.16. The fourth-order valence-corrected chi connectivity index (χ4v) is 3.79. The Hall–Kier alpha value is -0.720. The minimum absolute atomic E-state index is 0.438. The van der Waals surface area contributed by atoms with Gasteiger partial charge in [-0.25, -0.2) is 0 Å². The van der Waals surface area contributed by atoms with Crippen molar-refractivity contribution in [3.8, 4) is 0 Å². The lowest BCUT2D eigenvalue weighted by Crippen LogP contribution is -2.23. The molecular weight excluding hydrogens is 290 g/mol. The molecule has 0 bridgehead atoms. The molecule has 0 saturated carbocycles. The largest absolute Gasteiger partial charge is 0.405 e. The molecule has 3 unspecified atom stereocenters. The molecule has 1 heteroatoms. The van der Waals surface area contributed by atoms with Crippen LogP contribution in [0.2, 0.25) is 0 Å². The Bertz CT molecular complexity index is 364. The highest BCUT2D eigenvalue weighted by molar-refractivity contribution is 5.19. The normalized spacial score (nSPS) is 17.2. The second-order valence-corrected chi connectivity index (χ2v) is 8.57. The third-order valence-electron chi connectivity index (χ3n) is 5.83. The van der Waals surface area contributed by atoms with Gasteiger partial charge in [-0.05, 0) is 54.7 Å². The van der Waals surface area contributed by atoms with Gasteiger partial charge < -0.3 is 5.73 Å². The van der Waals surface area contributed by atoms with E-state index in [1.165, 1.54) is 56.9 Å². The van der Waals surface area contributed by atoms with Crippen LogP contribution in [0.25, 0.3) is 0 Å². The highest BCUT2D eigenvalue weighted by atomic mass is 14.5. The summed E-state index contributed by atoms with van der Waals surface area (Å²) in [4.78, 5) is 0. The summed E-state index contributed by atoms with van der Waals surface area (Å²) in [7, 11) is 0. The van der Waals surface area contributed by atoms with Crippen LogP contribution in [0, 0.1) is 23.2 Å². The molecule has 0 aliphatic rings. The van der Waals surface area contributed by atoms with Crippen LogP contribution in [0.15, 0.2) is 23.9 Å². The molecule has 0 spiro atoms. The van der Waals surface area contributed by atoms with Crippen molar-refractivity contribution in [3.05, 3.63) is 23.9 Å². The Morgan fingerprint density at radius 2 is 1.75 bits per heavy atom.